The van der Waals surface area contributed by atoms with Crippen molar-refractivity contribution in [3.63, 3.8) is 0 Å². The Morgan fingerprint density at radius 2 is 2.10 bits per heavy atom. The van der Waals surface area contributed by atoms with E-state index in [1.807, 2.05) is 32.3 Å². The zero-order chi connectivity index (χ0) is 16.0. The molecule has 120 valence electrons. The van der Waals surface area contributed by atoms with Crippen molar-refractivity contribution in [1.29, 1.82) is 0 Å². The number of aromatic nitrogens is 1. The predicted octanol–water partition coefficient (Wildman–Crippen LogP) is 2.38. The second kappa shape index (κ2) is 7.77. The summed E-state index contributed by atoms with van der Waals surface area (Å²) in [5.41, 5.74) is 0.986. The maximum Gasteiger partial charge on any atom is 0.244 e. The average molecular weight is 313 g/mol. The first-order valence-electron chi connectivity index (χ1n) is 7.40. The SMILES string of the molecule is C=CCN(CC)S(=O)(=O)c1cc(CNCC)n(C(C)C)c1. The first-order chi connectivity index (χ1) is 9.88. The van der Waals surface area contributed by atoms with Crippen LogP contribution in [0.4, 0.5) is 0 Å². The molecule has 0 aliphatic rings. The Balaban J connectivity index is 3.20. The van der Waals surface area contributed by atoms with Crippen LogP contribution in [0.3, 0.4) is 0 Å². The quantitative estimate of drug-likeness (QED) is 0.712. The molecule has 0 saturated heterocycles. The summed E-state index contributed by atoms with van der Waals surface area (Å²) in [6.45, 7) is 13.9. The van der Waals surface area contributed by atoms with Crippen LogP contribution in [0.5, 0.6) is 0 Å². The van der Waals surface area contributed by atoms with E-state index in [1.165, 1.54) is 4.31 Å². The van der Waals surface area contributed by atoms with Gasteiger partial charge < -0.3 is 9.88 Å². The van der Waals surface area contributed by atoms with Gasteiger partial charge in [-0.15, -0.1) is 6.58 Å². The second-order valence-electron chi connectivity index (χ2n) is 5.19. The van der Waals surface area contributed by atoms with Gasteiger partial charge in [-0.3, -0.25) is 0 Å². The molecule has 0 unspecified atom stereocenters. The number of rotatable bonds is 9. The van der Waals surface area contributed by atoms with Gasteiger partial charge in [-0.05, 0) is 26.5 Å². The van der Waals surface area contributed by atoms with E-state index in [1.54, 1.807) is 18.3 Å². The summed E-state index contributed by atoms with van der Waals surface area (Å²) in [4.78, 5) is 0.354. The topological polar surface area (TPSA) is 54.3 Å². The lowest BCUT2D eigenvalue weighted by Crippen LogP contribution is -2.30. The predicted molar refractivity (Wildman–Crippen MR) is 86.8 cm³/mol. The Labute approximate surface area is 128 Å². The highest BCUT2D eigenvalue weighted by molar-refractivity contribution is 7.89. The van der Waals surface area contributed by atoms with Crippen LogP contribution in [0, 0.1) is 0 Å². The number of hydrogen-bond acceptors (Lipinski definition) is 3. The molecule has 0 amide bonds. The van der Waals surface area contributed by atoms with Gasteiger partial charge in [0.2, 0.25) is 10.0 Å². The maximum absolute atomic E-state index is 12.7. The van der Waals surface area contributed by atoms with E-state index in [0.717, 1.165) is 12.2 Å². The molecule has 6 heteroatoms. The number of nitrogens with one attached hydrogen (secondary N) is 1. The molecule has 0 saturated carbocycles. The van der Waals surface area contributed by atoms with E-state index in [-0.39, 0.29) is 6.04 Å². The van der Waals surface area contributed by atoms with Gasteiger partial charge in [0.25, 0.3) is 0 Å². The fourth-order valence-corrected chi connectivity index (χ4v) is 3.67. The average Bonchev–Trinajstić information content (AvgIpc) is 2.87. The molecule has 0 fully saturated rings. The number of hydrogen-bond donors (Lipinski definition) is 1. The van der Waals surface area contributed by atoms with Crippen LogP contribution in [0.15, 0.2) is 29.8 Å². The highest BCUT2D eigenvalue weighted by Crippen LogP contribution is 2.22. The smallest absolute Gasteiger partial charge is 0.244 e. The molecule has 0 spiro atoms. The summed E-state index contributed by atoms with van der Waals surface area (Å²) in [7, 11) is -3.46. The second-order valence-corrected chi connectivity index (χ2v) is 7.13. The Morgan fingerprint density at radius 1 is 1.43 bits per heavy atom. The lowest BCUT2D eigenvalue weighted by molar-refractivity contribution is 0.459. The minimum absolute atomic E-state index is 0.220. The van der Waals surface area contributed by atoms with Gasteiger partial charge in [-0.25, -0.2) is 8.42 Å². The molecule has 0 atom stereocenters. The summed E-state index contributed by atoms with van der Waals surface area (Å²) in [6.07, 6.45) is 3.35. The molecule has 0 aliphatic heterocycles. The van der Waals surface area contributed by atoms with E-state index < -0.39 is 10.0 Å². The normalized spacial score (nSPS) is 12.3. The van der Waals surface area contributed by atoms with Crippen molar-refractivity contribution >= 4 is 10.0 Å². The highest BCUT2D eigenvalue weighted by atomic mass is 32.2. The Hall–Kier alpha value is -1.11. The van der Waals surface area contributed by atoms with Crippen molar-refractivity contribution in [2.24, 2.45) is 0 Å². The minimum atomic E-state index is -3.46. The lowest BCUT2D eigenvalue weighted by atomic mass is 10.3. The fourth-order valence-electron chi connectivity index (χ4n) is 2.20. The van der Waals surface area contributed by atoms with Crippen molar-refractivity contribution in [2.75, 3.05) is 19.6 Å². The van der Waals surface area contributed by atoms with Gasteiger partial charge in [-0.1, -0.05) is 19.9 Å². The molecule has 0 bridgehead atoms. The van der Waals surface area contributed by atoms with E-state index in [4.69, 9.17) is 0 Å². The van der Waals surface area contributed by atoms with Crippen molar-refractivity contribution in [1.82, 2.24) is 14.2 Å². The van der Waals surface area contributed by atoms with E-state index in [2.05, 4.69) is 11.9 Å². The third kappa shape index (κ3) is 4.18. The van der Waals surface area contributed by atoms with Crippen LogP contribution in [-0.4, -0.2) is 36.9 Å². The summed E-state index contributed by atoms with van der Waals surface area (Å²) >= 11 is 0. The van der Waals surface area contributed by atoms with Gasteiger partial charge in [-0.2, -0.15) is 4.31 Å². The molecule has 1 aromatic heterocycles. The van der Waals surface area contributed by atoms with Gasteiger partial charge in [0.15, 0.2) is 0 Å². The molecular formula is C15H27N3O2S. The third-order valence-electron chi connectivity index (χ3n) is 3.34. The van der Waals surface area contributed by atoms with Crippen molar-refractivity contribution in [3.05, 3.63) is 30.6 Å². The molecule has 1 rings (SSSR count). The summed E-state index contributed by atoms with van der Waals surface area (Å²) < 4.78 is 28.8. The maximum atomic E-state index is 12.7. The van der Waals surface area contributed by atoms with E-state index in [0.29, 0.717) is 24.5 Å². The molecular weight excluding hydrogens is 286 g/mol. The van der Waals surface area contributed by atoms with Crippen LogP contribution in [0.25, 0.3) is 0 Å². The summed E-state index contributed by atoms with van der Waals surface area (Å²) in [5.74, 6) is 0. The largest absolute Gasteiger partial charge is 0.346 e. The Bertz CT molecular complexity index is 561. The number of sulfonamides is 1. The van der Waals surface area contributed by atoms with Crippen LogP contribution < -0.4 is 5.32 Å². The Morgan fingerprint density at radius 3 is 2.57 bits per heavy atom. The summed E-state index contributed by atoms with van der Waals surface area (Å²) in [5, 5.41) is 3.25. The van der Waals surface area contributed by atoms with Crippen LogP contribution in [0.1, 0.15) is 39.4 Å². The first kappa shape index (κ1) is 17.9. The van der Waals surface area contributed by atoms with Crippen molar-refractivity contribution in [2.45, 2.75) is 45.2 Å². The zero-order valence-electron chi connectivity index (χ0n) is 13.5. The zero-order valence-corrected chi connectivity index (χ0v) is 14.3. The molecule has 1 heterocycles. The van der Waals surface area contributed by atoms with Gasteiger partial charge in [0.1, 0.15) is 4.90 Å². The minimum Gasteiger partial charge on any atom is -0.346 e. The van der Waals surface area contributed by atoms with Gasteiger partial charge in [0, 0.05) is 37.6 Å². The van der Waals surface area contributed by atoms with Crippen LogP contribution >= 0.6 is 0 Å². The molecule has 0 aromatic carbocycles. The highest BCUT2D eigenvalue weighted by Gasteiger charge is 2.25. The van der Waals surface area contributed by atoms with Crippen LogP contribution in [-0.2, 0) is 16.6 Å². The van der Waals surface area contributed by atoms with Crippen molar-refractivity contribution < 1.29 is 8.42 Å². The van der Waals surface area contributed by atoms with Crippen LogP contribution in [0.2, 0.25) is 0 Å². The van der Waals surface area contributed by atoms with Crippen molar-refractivity contribution in [3.8, 4) is 0 Å². The molecule has 0 radical (unpaired) electrons. The van der Waals surface area contributed by atoms with E-state index >= 15 is 0 Å². The molecule has 21 heavy (non-hydrogen) atoms. The molecule has 5 nitrogen and oxygen atoms in total. The molecule has 1 aromatic rings. The fraction of sp³-hybridized carbons (Fsp3) is 0.600. The molecule has 0 aliphatic carbocycles. The number of likely N-dealkylation sites (N-methyl/N-ethyl adjacent to an activating group) is 1. The first-order valence-corrected chi connectivity index (χ1v) is 8.84. The Kier molecular flexibility index (Phi) is 6.64. The monoisotopic (exact) mass is 313 g/mol. The lowest BCUT2D eigenvalue weighted by Gasteiger charge is -2.17. The van der Waals surface area contributed by atoms with Gasteiger partial charge >= 0.3 is 0 Å². The summed E-state index contributed by atoms with van der Waals surface area (Å²) in [6, 6.07) is 1.99. The van der Waals surface area contributed by atoms with E-state index in [9.17, 15) is 8.42 Å². The third-order valence-corrected chi connectivity index (χ3v) is 5.25. The number of nitrogens with zero attached hydrogens (tertiary/aromatic N) is 2. The van der Waals surface area contributed by atoms with Gasteiger partial charge in [0.05, 0.1) is 0 Å². The molecule has 1 N–H and O–H groups in total. The standard InChI is InChI=1S/C15H27N3O2S/c1-6-9-17(8-3)21(19,20)15-10-14(11-16-7-2)18(12-15)13(4)5/h6,10,12-13,16H,1,7-9,11H2,2-5H3.